The van der Waals surface area contributed by atoms with Gasteiger partial charge in [-0.15, -0.1) is 0 Å². The Morgan fingerprint density at radius 1 is 1.18 bits per heavy atom. The van der Waals surface area contributed by atoms with Crippen molar-refractivity contribution in [2.45, 2.75) is 89.9 Å². The first-order valence-corrected chi connectivity index (χ1v) is 13.1. The molecule has 0 aliphatic heterocycles. The summed E-state index contributed by atoms with van der Waals surface area (Å²) in [7, 11) is 0. The van der Waals surface area contributed by atoms with E-state index < -0.39 is 11.8 Å². The van der Waals surface area contributed by atoms with Crippen LogP contribution in [0.15, 0.2) is 23.5 Å². The largest absolute Gasteiger partial charge is 0.487 e. The molecule has 5 rings (SSSR count). The number of carbonyl (C=O) groups is 1. The average Bonchev–Trinajstić information content (AvgIpc) is 3.16. The van der Waals surface area contributed by atoms with Gasteiger partial charge in [-0.3, -0.25) is 4.79 Å². The lowest BCUT2D eigenvalue weighted by Gasteiger charge is -2.58. The molecule has 0 aromatic carbocycles. The Kier molecular flexibility index (Phi) is 5.94. The molecule has 3 nitrogen and oxygen atoms in total. The van der Waals surface area contributed by atoms with Gasteiger partial charge >= 0.3 is 0 Å². The second-order valence-electron chi connectivity index (χ2n) is 11.9. The van der Waals surface area contributed by atoms with E-state index in [0.717, 1.165) is 57.8 Å². The number of halogens is 2. The first-order valence-electron chi connectivity index (χ1n) is 13.1. The van der Waals surface area contributed by atoms with Crippen LogP contribution >= 0.6 is 0 Å². The van der Waals surface area contributed by atoms with Crippen LogP contribution in [0.2, 0.25) is 0 Å². The number of allylic oxidation sites excluding steroid dienone is 4. The standard InChI is InChI=1S/C28H37F2NO2/c1-17-9-12-28(30)19(13-17)4-5-20-21-6-7-23(27(21,2)11-10-22(20)28)25(32)16-33-26-14-18(15-31)3-8-24(26)29/h3,14,17,19-24H,4-13,16H2,1-2H3/t17-,19+,20-,21?,22-,23+,24?,27-,28+/m0/s1. The number of nitriles is 1. The summed E-state index contributed by atoms with van der Waals surface area (Å²) in [5.41, 5.74) is -0.733. The number of rotatable bonds is 4. The van der Waals surface area contributed by atoms with Crippen LogP contribution in [0.4, 0.5) is 8.78 Å². The Labute approximate surface area is 196 Å². The van der Waals surface area contributed by atoms with E-state index in [2.05, 4.69) is 13.8 Å². The van der Waals surface area contributed by atoms with Crippen LogP contribution in [0.5, 0.6) is 0 Å². The van der Waals surface area contributed by atoms with Crippen molar-refractivity contribution in [1.82, 2.24) is 0 Å². The van der Waals surface area contributed by atoms with Crippen LogP contribution in [0.3, 0.4) is 0 Å². The van der Waals surface area contributed by atoms with Crippen LogP contribution in [0.1, 0.15) is 78.1 Å². The summed E-state index contributed by atoms with van der Waals surface area (Å²) >= 11 is 0. The van der Waals surface area contributed by atoms with Gasteiger partial charge in [-0.2, -0.15) is 5.26 Å². The van der Waals surface area contributed by atoms with E-state index in [1.54, 1.807) is 6.08 Å². The molecular formula is C28H37F2NO2. The highest BCUT2D eigenvalue weighted by Crippen LogP contribution is 2.66. The number of Topliss-reactive ketones (excluding diaryl/α,β-unsaturated/α-hetero) is 1. The number of ether oxygens (including phenoxy) is 1. The predicted molar refractivity (Wildman–Crippen MR) is 122 cm³/mol. The van der Waals surface area contributed by atoms with Crippen LogP contribution < -0.4 is 0 Å². The second-order valence-corrected chi connectivity index (χ2v) is 11.9. The van der Waals surface area contributed by atoms with Crippen LogP contribution in [-0.4, -0.2) is 24.2 Å². The molecule has 0 N–H and O–H groups in total. The van der Waals surface area contributed by atoms with Gasteiger partial charge in [-0.05, 0) is 98.9 Å². The van der Waals surface area contributed by atoms with Gasteiger partial charge in [-0.1, -0.05) is 19.9 Å². The minimum atomic E-state index is -1.30. The van der Waals surface area contributed by atoms with Gasteiger partial charge in [0.25, 0.3) is 0 Å². The molecule has 0 heterocycles. The SMILES string of the molecule is C[C@H]1CC[C@@]2(F)[C@H](CC[C@H]3C4CC[C@H](C(=O)COC5=CC(C#N)=CCC5F)[C@@]4(C)CC[C@@H]32)C1. The molecule has 4 saturated carbocycles. The monoisotopic (exact) mass is 457 g/mol. The van der Waals surface area contributed by atoms with E-state index in [0.29, 0.717) is 23.3 Å². The van der Waals surface area contributed by atoms with E-state index in [1.165, 1.54) is 6.08 Å². The van der Waals surface area contributed by atoms with E-state index in [1.807, 2.05) is 6.07 Å². The highest BCUT2D eigenvalue weighted by Gasteiger charge is 2.62. The number of hydrogen-bond donors (Lipinski definition) is 0. The molecule has 0 aromatic rings. The zero-order valence-corrected chi connectivity index (χ0v) is 20.0. The lowest BCUT2D eigenvalue weighted by Crippen LogP contribution is -2.56. The Hall–Kier alpha value is -1.70. The smallest absolute Gasteiger partial charge is 0.173 e. The Morgan fingerprint density at radius 3 is 2.79 bits per heavy atom. The number of hydrogen-bond acceptors (Lipinski definition) is 3. The molecule has 5 heteroatoms. The van der Waals surface area contributed by atoms with Gasteiger partial charge in [0.15, 0.2) is 12.0 Å². The van der Waals surface area contributed by atoms with Crippen molar-refractivity contribution in [3.8, 4) is 6.07 Å². The molecule has 5 aliphatic carbocycles. The van der Waals surface area contributed by atoms with Crippen molar-refractivity contribution >= 4 is 5.78 Å². The summed E-state index contributed by atoms with van der Waals surface area (Å²) in [6.07, 6.45) is 10.2. The fourth-order valence-corrected chi connectivity index (χ4v) is 8.64. The van der Waals surface area contributed by atoms with Gasteiger partial charge in [-0.25, -0.2) is 8.78 Å². The first kappa shape index (κ1) is 23.1. The third kappa shape index (κ3) is 3.76. The molecule has 0 amide bonds. The molecule has 180 valence electrons. The summed E-state index contributed by atoms with van der Waals surface area (Å²) in [5, 5.41) is 9.07. The van der Waals surface area contributed by atoms with Gasteiger partial charge in [0, 0.05) is 12.3 Å². The molecule has 0 bridgehead atoms. The molecule has 2 unspecified atom stereocenters. The number of carbonyl (C=O) groups excluding carboxylic acids is 1. The van der Waals surface area contributed by atoms with Gasteiger partial charge in [0.2, 0.25) is 0 Å². The lowest BCUT2D eigenvalue weighted by molar-refractivity contribution is -0.147. The molecule has 9 atom stereocenters. The number of ketones is 1. The van der Waals surface area contributed by atoms with Crippen molar-refractivity contribution < 1.29 is 18.3 Å². The molecular weight excluding hydrogens is 420 g/mol. The highest BCUT2D eigenvalue weighted by molar-refractivity contribution is 5.83. The van der Waals surface area contributed by atoms with Crippen molar-refractivity contribution in [2.75, 3.05) is 6.61 Å². The van der Waals surface area contributed by atoms with Gasteiger partial charge in [0.05, 0.1) is 11.6 Å². The molecule has 33 heavy (non-hydrogen) atoms. The normalized spacial score (nSPS) is 46.7. The second kappa shape index (κ2) is 8.51. The van der Waals surface area contributed by atoms with Crippen molar-refractivity contribution in [3.63, 3.8) is 0 Å². The maximum Gasteiger partial charge on any atom is 0.173 e. The minimum absolute atomic E-state index is 0.0368. The first-order chi connectivity index (χ1) is 15.8. The van der Waals surface area contributed by atoms with Crippen molar-refractivity contribution in [2.24, 2.45) is 40.9 Å². The molecule has 0 spiro atoms. The predicted octanol–water partition coefficient (Wildman–Crippen LogP) is 6.64. The van der Waals surface area contributed by atoms with E-state index in [4.69, 9.17) is 10.00 Å². The van der Waals surface area contributed by atoms with E-state index in [-0.39, 0.29) is 47.7 Å². The zero-order valence-electron chi connectivity index (χ0n) is 20.0. The van der Waals surface area contributed by atoms with Crippen LogP contribution in [-0.2, 0) is 9.53 Å². The Balaban J connectivity index is 1.27. The quantitative estimate of drug-likeness (QED) is 0.475. The third-order valence-corrected chi connectivity index (χ3v) is 10.3. The topological polar surface area (TPSA) is 50.1 Å². The summed E-state index contributed by atoms with van der Waals surface area (Å²) in [5.74, 6) is 1.83. The Bertz CT molecular complexity index is 906. The van der Waals surface area contributed by atoms with E-state index in [9.17, 15) is 9.18 Å². The summed E-state index contributed by atoms with van der Waals surface area (Å²) in [6, 6.07) is 2.01. The Morgan fingerprint density at radius 2 is 2.00 bits per heavy atom. The fraction of sp³-hybridized carbons (Fsp3) is 0.786. The van der Waals surface area contributed by atoms with Crippen LogP contribution in [0, 0.1) is 52.3 Å². The van der Waals surface area contributed by atoms with Crippen molar-refractivity contribution in [3.05, 3.63) is 23.5 Å². The summed E-state index contributed by atoms with van der Waals surface area (Å²) in [6.45, 7) is 4.38. The number of alkyl halides is 2. The minimum Gasteiger partial charge on any atom is -0.487 e. The number of fused-ring (bicyclic) bond motifs is 5. The molecule has 0 radical (unpaired) electrons. The van der Waals surface area contributed by atoms with Crippen LogP contribution in [0.25, 0.3) is 0 Å². The van der Waals surface area contributed by atoms with Gasteiger partial charge < -0.3 is 4.74 Å². The third-order valence-electron chi connectivity index (χ3n) is 10.3. The molecule has 0 saturated heterocycles. The molecule has 0 aromatic heterocycles. The number of nitrogens with zero attached hydrogens (tertiary/aromatic N) is 1. The maximum atomic E-state index is 16.4. The molecule has 4 fully saturated rings. The lowest BCUT2D eigenvalue weighted by atomic mass is 9.48. The average molecular weight is 458 g/mol. The zero-order chi connectivity index (χ0) is 23.4. The van der Waals surface area contributed by atoms with Gasteiger partial charge in [0.1, 0.15) is 18.0 Å². The van der Waals surface area contributed by atoms with E-state index >= 15 is 4.39 Å². The summed E-state index contributed by atoms with van der Waals surface area (Å²) < 4.78 is 36.3. The molecule has 5 aliphatic rings. The summed E-state index contributed by atoms with van der Waals surface area (Å²) in [4.78, 5) is 13.3. The fourth-order valence-electron chi connectivity index (χ4n) is 8.64. The van der Waals surface area contributed by atoms with Crippen molar-refractivity contribution in [1.29, 1.82) is 5.26 Å². The maximum absolute atomic E-state index is 16.4. The highest BCUT2D eigenvalue weighted by atomic mass is 19.1.